The van der Waals surface area contributed by atoms with E-state index in [0.29, 0.717) is 41.4 Å². The zero-order valence-electron chi connectivity index (χ0n) is 19.8. The van der Waals surface area contributed by atoms with E-state index in [-0.39, 0.29) is 28.9 Å². The van der Waals surface area contributed by atoms with E-state index in [9.17, 15) is 23.5 Å². The van der Waals surface area contributed by atoms with Crippen LogP contribution < -0.4 is 15.9 Å². The van der Waals surface area contributed by atoms with Crippen molar-refractivity contribution in [3.8, 4) is 17.3 Å². The molecule has 1 fully saturated rings. The third-order valence-corrected chi connectivity index (χ3v) is 6.62. The molecule has 8 nitrogen and oxygen atoms in total. The third kappa shape index (κ3) is 4.54. The molecule has 0 amide bonds. The quantitative estimate of drug-likeness (QED) is 0.409. The van der Waals surface area contributed by atoms with Gasteiger partial charge >= 0.3 is 0 Å². The summed E-state index contributed by atoms with van der Waals surface area (Å²) in [7, 11) is 0. The molecule has 4 aromatic heterocycles. The lowest BCUT2D eigenvalue weighted by Gasteiger charge is -2.17. The number of aryl methyl sites for hydroxylation is 2. The predicted octanol–water partition coefficient (Wildman–Crippen LogP) is 3.89. The third-order valence-electron chi connectivity index (χ3n) is 6.27. The lowest BCUT2D eigenvalue weighted by atomic mass is 10.1. The van der Waals surface area contributed by atoms with Crippen LogP contribution in [0.25, 0.3) is 11.5 Å². The van der Waals surface area contributed by atoms with Gasteiger partial charge in [-0.05, 0) is 44.4 Å². The maximum Gasteiger partial charge on any atom is 0.277 e. The summed E-state index contributed by atoms with van der Waals surface area (Å²) < 4.78 is 35.2. The Morgan fingerprint density at radius 3 is 2.57 bits per heavy atom. The Bertz CT molecular complexity index is 1660. The molecule has 4 heterocycles. The molecule has 0 spiro atoms. The lowest BCUT2D eigenvalue weighted by Crippen LogP contribution is -2.28. The fourth-order valence-electron chi connectivity index (χ4n) is 4.07. The summed E-state index contributed by atoms with van der Waals surface area (Å²) in [5.74, 6) is -1.42. The smallest absolute Gasteiger partial charge is 0.277 e. The molecule has 37 heavy (non-hydrogen) atoms. The molecule has 1 N–H and O–H groups in total. The normalized spacial score (nSPS) is 14.0. The summed E-state index contributed by atoms with van der Waals surface area (Å²) in [5, 5.41) is 10.2. The van der Waals surface area contributed by atoms with Crippen LogP contribution in [-0.2, 0) is 12.2 Å². The van der Waals surface area contributed by atoms with Crippen molar-refractivity contribution in [2.24, 2.45) is 0 Å². The predicted molar refractivity (Wildman–Crippen MR) is 132 cm³/mol. The van der Waals surface area contributed by atoms with E-state index in [0.717, 1.165) is 6.20 Å². The Balaban J connectivity index is 1.53. The van der Waals surface area contributed by atoms with Crippen molar-refractivity contribution < 1.29 is 18.6 Å². The Labute approximate surface area is 214 Å². The van der Waals surface area contributed by atoms with Crippen LogP contribution in [0.15, 0.2) is 58.5 Å². The molecule has 0 atom stereocenters. The Morgan fingerprint density at radius 1 is 1.11 bits per heavy atom. The number of halogens is 3. The minimum Gasteiger partial charge on any atom is -0.485 e. The SMILES string of the molecule is Cc1cnc(-n2cccc(C3(O)CC3)c2=O)cc1-n1c(C)cc(OCc2ncc(F)cc2F)c(Cl)c1=O. The first-order valence-electron chi connectivity index (χ1n) is 11.4. The number of rotatable bonds is 6. The minimum atomic E-state index is -1.11. The highest BCUT2D eigenvalue weighted by molar-refractivity contribution is 6.31. The van der Waals surface area contributed by atoms with Gasteiger partial charge in [-0.25, -0.2) is 13.8 Å². The van der Waals surface area contributed by atoms with Gasteiger partial charge in [0.05, 0.1) is 17.5 Å². The molecule has 0 aromatic carbocycles. The fraction of sp³-hybridized carbons (Fsp3) is 0.231. The molecule has 5 rings (SSSR count). The van der Waals surface area contributed by atoms with Crippen LogP contribution in [0.5, 0.6) is 5.75 Å². The highest BCUT2D eigenvalue weighted by Crippen LogP contribution is 2.43. The standard InChI is InChI=1S/C26H21ClF2N4O4/c1-14-11-31-22(32-7-3-4-17(24(32)34)26(36)5-6-26)10-20(14)33-15(2)8-21(23(27)25(33)35)37-13-19-18(29)9-16(28)12-30-19/h3-4,7-12,36H,5-6,13H2,1-2H3. The highest BCUT2D eigenvalue weighted by atomic mass is 35.5. The summed E-state index contributed by atoms with van der Waals surface area (Å²) in [4.78, 5) is 34.4. The summed E-state index contributed by atoms with van der Waals surface area (Å²) in [6.45, 7) is 3.06. The van der Waals surface area contributed by atoms with Gasteiger partial charge in [-0.1, -0.05) is 11.6 Å². The van der Waals surface area contributed by atoms with Crippen molar-refractivity contribution in [3.63, 3.8) is 0 Å². The van der Waals surface area contributed by atoms with E-state index in [2.05, 4.69) is 9.97 Å². The van der Waals surface area contributed by atoms with Crippen LogP contribution in [0.2, 0.25) is 5.02 Å². The molecule has 11 heteroatoms. The van der Waals surface area contributed by atoms with Gasteiger partial charge in [0.1, 0.15) is 34.7 Å². The maximum atomic E-state index is 13.9. The number of pyridine rings is 4. The lowest BCUT2D eigenvalue weighted by molar-refractivity contribution is 0.149. The van der Waals surface area contributed by atoms with Gasteiger partial charge in [0, 0.05) is 41.9 Å². The van der Waals surface area contributed by atoms with E-state index in [1.807, 2.05) is 0 Å². The highest BCUT2D eigenvalue weighted by Gasteiger charge is 2.44. The van der Waals surface area contributed by atoms with Crippen molar-refractivity contribution >= 4 is 11.6 Å². The average Bonchev–Trinajstić information content (AvgIpc) is 3.61. The molecule has 1 aliphatic rings. The van der Waals surface area contributed by atoms with Crippen LogP contribution >= 0.6 is 11.6 Å². The molecule has 190 valence electrons. The topological polar surface area (TPSA) is 99.2 Å². The van der Waals surface area contributed by atoms with Crippen LogP contribution in [0.4, 0.5) is 8.78 Å². The summed E-state index contributed by atoms with van der Waals surface area (Å²) >= 11 is 6.33. The van der Waals surface area contributed by atoms with Crippen molar-refractivity contribution in [1.82, 2.24) is 19.1 Å². The minimum absolute atomic E-state index is 0.0134. The number of ether oxygens (including phenoxy) is 1. The molecular weight excluding hydrogens is 506 g/mol. The second-order valence-electron chi connectivity index (χ2n) is 8.93. The summed E-state index contributed by atoms with van der Waals surface area (Å²) in [6, 6.07) is 7.04. The van der Waals surface area contributed by atoms with Crippen LogP contribution in [0.3, 0.4) is 0 Å². The van der Waals surface area contributed by atoms with Gasteiger partial charge < -0.3 is 9.84 Å². The van der Waals surface area contributed by atoms with Crippen LogP contribution in [0, 0.1) is 25.5 Å². The number of hydrogen-bond acceptors (Lipinski definition) is 6. The largest absolute Gasteiger partial charge is 0.485 e. The van der Waals surface area contributed by atoms with Gasteiger partial charge in [-0.15, -0.1) is 0 Å². The number of aliphatic hydroxyl groups is 1. The molecule has 1 aliphatic carbocycles. The fourth-order valence-corrected chi connectivity index (χ4v) is 4.27. The van der Waals surface area contributed by atoms with Gasteiger partial charge in [0.2, 0.25) is 0 Å². The molecule has 0 bridgehead atoms. The number of hydrogen-bond donors (Lipinski definition) is 1. The number of aromatic nitrogens is 4. The van der Waals surface area contributed by atoms with Crippen LogP contribution in [0.1, 0.15) is 35.4 Å². The molecule has 0 unspecified atom stereocenters. The Hall–Kier alpha value is -3.89. The van der Waals surface area contributed by atoms with Gasteiger partial charge in [-0.3, -0.25) is 23.7 Å². The van der Waals surface area contributed by atoms with E-state index in [1.54, 1.807) is 38.2 Å². The molecule has 0 saturated heterocycles. The van der Waals surface area contributed by atoms with E-state index in [1.165, 1.54) is 21.4 Å². The van der Waals surface area contributed by atoms with Crippen molar-refractivity contribution in [2.75, 3.05) is 0 Å². The summed E-state index contributed by atoms with van der Waals surface area (Å²) in [5.41, 5.74) is -0.422. The molecule has 1 saturated carbocycles. The zero-order chi connectivity index (χ0) is 26.5. The van der Waals surface area contributed by atoms with E-state index >= 15 is 0 Å². The van der Waals surface area contributed by atoms with Gasteiger partial charge in [-0.2, -0.15) is 0 Å². The van der Waals surface area contributed by atoms with Crippen molar-refractivity contribution in [3.05, 3.63) is 109 Å². The zero-order valence-corrected chi connectivity index (χ0v) is 20.6. The maximum absolute atomic E-state index is 13.9. The van der Waals surface area contributed by atoms with E-state index in [4.69, 9.17) is 16.3 Å². The average molecular weight is 527 g/mol. The van der Waals surface area contributed by atoms with Gasteiger partial charge in [0.15, 0.2) is 5.82 Å². The molecule has 0 radical (unpaired) electrons. The van der Waals surface area contributed by atoms with Gasteiger partial charge in [0.25, 0.3) is 11.1 Å². The van der Waals surface area contributed by atoms with Crippen LogP contribution in [-0.4, -0.2) is 24.2 Å². The Morgan fingerprint density at radius 2 is 1.86 bits per heavy atom. The van der Waals surface area contributed by atoms with Crippen molar-refractivity contribution in [1.29, 1.82) is 0 Å². The number of nitrogens with zero attached hydrogens (tertiary/aromatic N) is 4. The molecule has 0 aliphatic heterocycles. The van der Waals surface area contributed by atoms with E-state index < -0.39 is 28.4 Å². The summed E-state index contributed by atoms with van der Waals surface area (Å²) in [6.07, 6.45) is 4.97. The first-order valence-corrected chi connectivity index (χ1v) is 11.7. The Kier molecular flexibility index (Phi) is 6.17. The second-order valence-corrected chi connectivity index (χ2v) is 9.31. The molecular formula is C26H21ClF2N4O4. The first kappa shape index (κ1) is 24.8. The van der Waals surface area contributed by atoms with Crippen molar-refractivity contribution in [2.45, 2.75) is 38.9 Å². The second kappa shape index (κ2) is 9.20. The monoisotopic (exact) mass is 526 g/mol. The molecule has 4 aromatic rings. The first-order chi connectivity index (χ1) is 17.6.